The van der Waals surface area contributed by atoms with E-state index in [-0.39, 0.29) is 0 Å². The third kappa shape index (κ3) is 5.84. The molecule has 0 bridgehead atoms. The van der Waals surface area contributed by atoms with E-state index >= 15 is 0 Å². The van der Waals surface area contributed by atoms with Crippen LogP contribution in [0.2, 0.25) is 0 Å². The fourth-order valence-corrected chi connectivity index (χ4v) is 2.60. The zero-order chi connectivity index (χ0) is 12.5. The molecule has 1 heterocycles. The Morgan fingerprint density at radius 3 is 2.59 bits per heavy atom. The minimum Gasteiger partial charge on any atom is -0.378 e. The first-order valence-electron chi connectivity index (χ1n) is 7.34. The van der Waals surface area contributed by atoms with Gasteiger partial charge in [0.25, 0.3) is 0 Å². The third-order valence-corrected chi connectivity index (χ3v) is 3.73. The molecular formula is C14H30N2O. The van der Waals surface area contributed by atoms with Gasteiger partial charge in [0.15, 0.2) is 0 Å². The Morgan fingerprint density at radius 2 is 2.00 bits per heavy atom. The number of nitrogens with one attached hydrogen (secondary N) is 1. The van der Waals surface area contributed by atoms with Crippen LogP contribution in [0, 0.1) is 0 Å². The summed E-state index contributed by atoms with van der Waals surface area (Å²) in [6.45, 7) is 12.2. The van der Waals surface area contributed by atoms with Crippen LogP contribution in [-0.4, -0.2) is 49.8 Å². The van der Waals surface area contributed by atoms with Crippen LogP contribution in [0.25, 0.3) is 0 Å². The number of likely N-dealkylation sites (tertiary alicyclic amines) is 1. The summed E-state index contributed by atoms with van der Waals surface area (Å²) >= 11 is 0. The van der Waals surface area contributed by atoms with Gasteiger partial charge in [-0.1, -0.05) is 6.92 Å². The van der Waals surface area contributed by atoms with Gasteiger partial charge in [0.1, 0.15) is 0 Å². The van der Waals surface area contributed by atoms with Crippen molar-refractivity contribution < 1.29 is 4.74 Å². The van der Waals surface area contributed by atoms with Crippen LogP contribution in [0.15, 0.2) is 0 Å². The summed E-state index contributed by atoms with van der Waals surface area (Å²) < 4.78 is 5.69. The maximum Gasteiger partial charge on any atom is 0.0599 e. The van der Waals surface area contributed by atoms with Crippen LogP contribution in [0.1, 0.15) is 46.5 Å². The van der Waals surface area contributed by atoms with Gasteiger partial charge in [0.05, 0.1) is 6.10 Å². The Hall–Kier alpha value is -0.120. The minimum atomic E-state index is 0.519. The van der Waals surface area contributed by atoms with Crippen molar-refractivity contribution in [3.05, 3.63) is 0 Å². The van der Waals surface area contributed by atoms with Crippen molar-refractivity contribution >= 4 is 0 Å². The third-order valence-electron chi connectivity index (χ3n) is 3.73. The molecular weight excluding hydrogens is 212 g/mol. The van der Waals surface area contributed by atoms with Crippen molar-refractivity contribution in [2.75, 3.05) is 32.8 Å². The summed E-state index contributed by atoms with van der Waals surface area (Å²) in [7, 11) is 0. The van der Waals surface area contributed by atoms with E-state index in [2.05, 4.69) is 31.0 Å². The summed E-state index contributed by atoms with van der Waals surface area (Å²) in [5.41, 5.74) is 0. The van der Waals surface area contributed by atoms with E-state index in [1.807, 2.05) is 0 Å². The Bertz CT molecular complexity index is 179. The smallest absolute Gasteiger partial charge is 0.0599 e. The molecule has 0 radical (unpaired) electrons. The number of rotatable bonds is 8. The average Bonchev–Trinajstić information content (AvgIpc) is 2.36. The highest BCUT2D eigenvalue weighted by Crippen LogP contribution is 2.17. The Kier molecular flexibility index (Phi) is 7.82. The molecule has 0 amide bonds. The average molecular weight is 242 g/mol. The predicted octanol–water partition coefficient (Wildman–Crippen LogP) is 2.27. The van der Waals surface area contributed by atoms with Crippen LogP contribution in [0.4, 0.5) is 0 Å². The summed E-state index contributed by atoms with van der Waals surface area (Å²) in [5.74, 6) is 0. The first-order chi connectivity index (χ1) is 8.27. The van der Waals surface area contributed by atoms with Crippen LogP contribution >= 0.6 is 0 Å². The lowest BCUT2D eigenvalue weighted by Crippen LogP contribution is -2.42. The molecule has 0 aromatic carbocycles. The monoisotopic (exact) mass is 242 g/mol. The summed E-state index contributed by atoms with van der Waals surface area (Å²) in [6, 6.07) is 0.733. The molecule has 1 N–H and O–H groups in total. The van der Waals surface area contributed by atoms with Crippen molar-refractivity contribution in [3.8, 4) is 0 Å². The first-order valence-corrected chi connectivity index (χ1v) is 7.34. The lowest BCUT2D eigenvalue weighted by atomic mass is 10.0. The second-order valence-corrected chi connectivity index (χ2v) is 5.04. The van der Waals surface area contributed by atoms with Crippen molar-refractivity contribution in [1.29, 1.82) is 0 Å². The van der Waals surface area contributed by atoms with E-state index in [9.17, 15) is 0 Å². The van der Waals surface area contributed by atoms with Crippen LogP contribution in [-0.2, 0) is 4.74 Å². The molecule has 17 heavy (non-hydrogen) atoms. The molecule has 0 aromatic rings. The molecule has 1 saturated heterocycles. The van der Waals surface area contributed by atoms with Gasteiger partial charge < -0.3 is 15.0 Å². The minimum absolute atomic E-state index is 0.519. The van der Waals surface area contributed by atoms with Gasteiger partial charge in [0, 0.05) is 25.7 Å². The maximum atomic E-state index is 5.69. The van der Waals surface area contributed by atoms with Crippen LogP contribution in [0.5, 0.6) is 0 Å². The van der Waals surface area contributed by atoms with Gasteiger partial charge in [-0.05, 0) is 52.6 Å². The van der Waals surface area contributed by atoms with Gasteiger partial charge in [-0.15, -0.1) is 0 Å². The van der Waals surface area contributed by atoms with Gasteiger partial charge in [0.2, 0.25) is 0 Å². The standard InChI is InChI=1S/C14H30N2O/c1-4-15-10-6-7-13(3)16-11-8-14(9-12-16)17-5-2/h13-15H,4-12H2,1-3H3. The van der Waals surface area contributed by atoms with Gasteiger partial charge in [-0.25, -0.2) is 0 Å². The maximum absolute atomic E-state index is 5.69. The molecule has 3 nitrogen and oxygen atoms in total. The van der Waals surface area contributed by atoms with Crippen LogP contribution < -0.4 is 5.32 Å². The number of nitrogens with zero attached hydrogens (tertiary/aromatic N) is 1. The lowest BCUT2D eigenvalue weighted by Gasteiger charge is -2.36. The molecule has 1 aliphatic rings. The van der Waals surface area contributed by atoms with Crippen molar-refractivity contribution in [2.45, 2.75) is 58.6 Å². The molecule has 1 fully saturated rings. The highest BCUT2D eigenvalue weighted by atomic mass is 16.5. The molecule has 0 aromatic heterocycles. The summed E-state index contributed by atoms with van der Waals surface area (Å²) in [6.07, 6.45) is 5.55. The molecule has 3 heteroatoms. The van der Waals surface area contributed by atoms with Gasteiger partial charge >= 0.3 is 0 Å². The highest BCUT2D eigenvalue weighted by Gasteiger charge is 2.22. The number of hydrogen-bond acceptors (Lipinski definition) is 3. The molecule has 1 atom stereocenters. The predicted molar refractivity (Wildman–Crippen MR) is 73.5 cm³/mol. The Morgan fingerprint density at radius 1 is 1.29 bits per heavy atom. The summed E-state index contributed by atoms with van der Waals surface area (Å²) in [5, 5.41) is 3.39. The highest BCUT2D eigenvalue weighted by molar-refractivity contribution is 4.76. The summed E-state index contributed by atoms with van der Waals surface area (Å²) in [4.78, 5) is 2.63. The number of piperidine rings is 1. The lowest BCUT2D eigenvalue weighted by molar-refractivity contribution is 0.00485. The van der Waals surface area contributed by atoms with E-state index in [0.29, 0.717) is 6.10 Å². The zero-order valence-corrected chi connectivity index (χ0v) is 11.9. The second kappa shape index (κ2) is 8.90. The molecule has 0 saturated carbocycles. The Balaban J connectivity index is 2.10. The van der Waals surface area contributed by atoms with E-state index in [1.54, 1.807) is 0 Å². The largest absolute Gasteiger partial charge is 0.378 e. The number of hydrogen-bond donors (Lipinski definition) is 1. The molecule has 0 spiro atoms. The quantitative estimate of drug-likeness (QED) is 0.661. The normalized spacial score (nSPS) is 20.6. The Labute approximate surface area is 107 Å². The van der Waals surface area contributed by atoms with Crippen molar-refractivity contribution in [1.82, 2.24) is 10.2 Å². The SMILES string of the molecule is CCNCCCC(C)N1CCC(OCC)CC1. The fraction of sp³-hybridized carbons (Fsp3) is 1.00. The van der Waals surface area contributed by atoms with E-state index in [1.165, 1.54) is 38.8 Å². The first kappa shape index (κ1) is 14.9. The van der Waals surface area contributed by atoms with Crippen LogP contribution in [0.3, 0.4) is 0 Å². The molecule has 1 unspecified atom stereocenters. The second-order valence-electron chi connectivity index (χ2n) is 5.04. The van der Waals surface area contributed by atoms with E-state index < -0.39 is 0 Å². The molecule has 102 valence electrons. The topological polar surface area (TPSA) is 24.5 Å². The van der Waals surface area contributed by atoms with E-state index in [0.717, 1.165) is 25.7 Å². The van der Waals surface area contributed by atoms with Gasteiger partial charge in [-0.3, -0.25) is 0 Å². The molecule has 0 aliphatic carbocycles. The van der Waals surface area contributed by atoms with Crippen molar-refractivity contribution in [2.24, 2.45) is 0 Å². The fourth-order valence-electron chi connectivity index (χ4n) is 2.60. The zero-order valence-electron chi connectivity index (χ0n) is 11.9. The van der Waals surface area contributed by atoms with Gasteiger partial charge in [-0.2, -0.15) is 0 Å². The molecule has 1 rings (SSSR count). The molecule has 1 aliphatic heterocycles. The van der Waals surface area contributed by atoms with E-state index in [4.69, 9.17) is 4.74 Å². The number of ether oxygens (including phenoxy) is 1. The van der Waals surface area contributed by atoms with Crippen molar-refractivity contribution in [3.63, 3.8) is 0 Å².